The molecule has 0 spiro atoms. The number of benzene rings is 1. The highest BCUT2D eigenvalue weighted by Crippen LogP contribution is 2.31. The van der Waals surface area contributed by atoms with Gasteiger partial charge in [-0.3, -0.25) is 0 Å². The van der Waals surface area contributed by atoms with E-state index in [1.165, 1.54) is 24.1 Å². The van der Waals surface area contributed by atoms with E-state index >= 15 is 0 Å². The quantitative estimate of drug-likeness (QED) is 0.884. The van der Waals surface area contributed by atoms with E-state index in [1.54, 1.807) is 0 Å². The third-order valence-corrected chi connectivity index (χ3v) is 4.18. The van der Waals surface area contributed by atoms with Crippen LogP contribution in [0, 0.1) is 0 Å². The van der Waals surface area contributed by atoms with Gasteiger partial charge < -0.3 is 15.0 Å². The van der Waals surface area contributed by atoms with Crippen molar-refractivity contribution in [1.29, 1.82) is 0 Å². The molecule has 19 heavy (non-hydrogen) atoms. The summed E-state index contributed by atoms with van der Waals surface area (Å²) in [6.45, 7) is 8.50. The summed E-state index contributed by atoms with van der Waals surface area (Å²) < 4.78 is 6.15. The summed E-state index contributed by atoms with van der Waals surface area (Å²) in [5.41, 5.74) is 2.84. The van der Waals surface area contributed by atoms with Crippen molar-refractivity contribution < 1.29 is 4.74 Å². The highest BCUT2D eigenvalue weighted by molar-refractivity contribution is 5.54. The monoisotopic (exact) mass is 260 g/mol. The van der Waals surface area contributed by atoms with E-state index in [-0.39, 0.29) is 5.60 Å². The van der Waals surface area contributed by atoms with E-state index in [4.69, 9.17) is 4.74 Å². The van der Waals surface area contributed by atoms with Gasteiger partial charge in [0, 0.05) is 31.9 Å². The van der Waals surface area contributed by atoms with Gasteiger partial charge >= 0.3 is 0 Å². The van der Waals surface area contributed by atoms with E-state index in [9.17, 15) is 0 Å². The van der Waals surface area contributed by atoms with E-state index in [2.05, 4.69) is 48.3 Å². The predicted molar refractivity (Wildman–Crippen MR) is 78.5 cm³/mol. The zero-order valence-corrected chi connectivity index (χ0v) is 12.0. The molecule has 3 rings (SSSR count). The van der Waals surface area contributed by atoms with Gasteiger partial charge in [-0.05, 0) is 38.3 Å². The molecule has 0 bridgehead atoms. The lowest BCUT2D eigenvalue weighted by Crippen LogP contribution is -2.36. The van der Waals surface area contributed by atoms with Gasteiger partial charge in [-0.1, -0.05) is 18.2 Å². The summed E-state index contributed by atoms with van der Waals surface area (Å²) in [4.78, 5) is 2.49. The lowest BCUT2D eigenvalue weighted by molar-refractivity contribution is -0.0115. The van der Waals surface area contributed by atoms with Crippen molar-refractivity contribution in [2.75, 3.05) is 24.5 Å². The standard InChI is InChI=1S/C16H24N2O/c1-16(2)8-7-14(19-16)12-18-10-9-17-11-13-5-3-4-6-15(13)18/h3-6,14,17H,7-12H2,1-2H3. The Morgan fingerprint density at radius 1 is 1.37 bits per heavy atom. The Morgan fingerprint density at radius 2 is 2.21 bits per heavy atom. The minimum absolute atomic E-state index is 0.0638. The number of hydrogen-bond acceptors (Lipinski definition) is 3. The van der Waals surface area contributed by atoms with Gasteiger partial charge in [-0.15, -0.1) is 0 Å². The third-order valence-electron chi connectivity index (χ3n) is 4.18. The van der Waals surface area contributed by atoms with Crippen LogP contribution in [0.4, 0.5) is 5.69 Å². The van der Waals surface area contributed by atoms with Crippen LogP contribution in [0.1, 0.15) is 32.3 Å². The Hall–Kier alpha value is -1.06. The van der Waals surface area contributed by atoms with E-state index in [0.717, 1.165) is 26.2 Å². The SMILES string of the molecule is CC1(C)CCC(CN2CCNCc3ccccc32)O1. The Balaban J connectivity index is 1.74. The molecule has 0 aliphatic carbocycles. The molecule has 3 heteroatoms. The molecular weight excluding hydrogens is 236 g/mol. The maximum Gasteiger partial charge on any atom is 0.0758 e. The summed E-state index contributed by atoms with van der Waals surface area (Å²) >= 11 is 0. The molecular formula is C16H24N2O. The zero-order valence-electron chi connectivity index (χ0n) is 12.0. The van der Waals surface area contributed by atoms with Gasteiger partial charge in [-0.2, -0.15) is 0 Å². The molecule has 2 aliphatic heterocycles. The highest BCUT2D eigenvalue weighted by Gasteiger charge is 2.33. The van der Waals surface area contributed by atoms with Crippen molar-refractivity contribution >= 4 is 5.69 Å². The summed E-state index contributed by atoms with van der Waals surface area (Å²) in [5, 5.41) is 3.49. The molecule has 3 nitrogen and oxygen atoms in total. The molecule has 2 aliphatic rings. The van der Waals surface area contributed by atoms with Gasteiger partial charge in [0.05, 0.1) is 11.7 Å². The molecule has 0 aromatic heterocycles. The van der Waals surface area contributed by atoms with Gasteiger partial charge in [0.25, 0.3) is 0 Å². The molecule has 0 radical (unpaired) electrons. The lowest BCUT2D eigenvalue weighted by atomic mass is 10.1. The van der Waals surface area contributed by atoms with Crippen molar-refractivity contribution in [2.45, 2.75) is 44.9 Å². The number of para-hydroxylation sites is 1. The Morgan fingerprint density at radius 3 is 3.00 bits per heavy atom. The lowest BCUT2D eigenvalue weighted by Gasteiger charge is -2.28. The van der Waals surface area contributed by atoms with Crippen LogP contribution < -0.4 is 10.2 Å². The summed E-state index contributed by atoms with van der Waals surface area (Å²) in [6, 6.07) is 8.72. The van der Waals surface area contributed by atoms with Crippen molar-refractivity contribution in [3.05, 3.63) is 29.8 Å². The van der Waals surface area contributed by atoms with Crippen molar-refractivity contribution in [2.24, 2.45) is 0 Å². The largest absolute Gasteiger partial charge is 0.371 e. The second kappa shape index (κ2) is 5.14. The Bertz CT molecular complexity index is 444. The molecule has 1 atom stereocenters. The van der Waals surface area contributed by atoms with Crippen molar-refractivity contribution in [3.8, 4) is 0 Å². The van der Waals surface area contributed by atoms with Crippen LogP contribution in [0.5, 0.6) is 0 Å². The van der Waals surface area contributed by atoms with Crippen LogP contribution in [0.3, 0.4) is 0 Å². The zero-order chi connectivity index (χ0) is 13.3. The molecule has 0 amide bonds. The topological polar surface area (TPSA) is 24.5 Å². The first-order valence-electron chi connectivity index (χ1n) is 7.35. The first-order chi connectivity index (χ1) is 9.14. The average Bonchev–Trinajstić information content (AvgIpc) is 2.60. The van der Waals surface area contributed by atoms with Crippen LogP contribution in [0.2, 0.25) is 0 Å². The van der Waals surface area contributed by atoms with Crippen molar-refractivity contribution in [3.63, 3.8) is 0 Å². The number of rotatable bonds is 2. The molecule has 0 saturated carbocycles. The minimum atomic E-state index is 0.0638. The van der Waals surface area contributed by atoms with Crippen LogP contribution >= 0.6 is 0 Å². The maximum absolute atomic E-state index is 6.15. The fourth-order valence-corrected chi connectivity index (χ4v) is 3.17. The van der Waals surface area contributed by atoms with Crippen LogP contribution in [0.25, 0.3) is 0 Å². The van der Waals surface area contributed by atoms with Gasteiger partial charge in [-0.25, -0.2) is 0 Å². The number of fused-ring (bicyclic) bond motifs is 1. The van der Waals surface area contributed by atoms with Crippen LogP contribution in [0.15, 0.2) is 24.3 Å². The normalized spacial score (nSPS) is 26.0. The van der Waals surface area contributed by atoms with Crippen LogP contribution in [-0.4, -0.2) is 31.3 Å². The van der Waals surface area contributed by atoms with Gasteiger partial charge in [0.1, 0.15) is 0 Å². The molecule has 1 saturated heterocycles. The molecule has 1 unspecified atom stereocenters. The fourth-order valence-electron chi connectivity index (χ4n) is 3.17. The highest BCUT2D eigenvalue weighted by atomic mass is 16.5. The fraction of sp³-hybridized carbons (Fsp3) is 0.625. The summed E-state index contributed by atoms with van der Waals surface area (Å²) in [5.74, 6) is 0. The minimum Gasteiger partial charge on any atom is -0.371 e. The van der Waals surface area contributed by atoms with E-state index in [0.29, 0.717) is 6.10 Å². The molecule has 1 N–H and O–H groups in total. The smallest absolute Gasteiger partial charge is 0.0758 e. The molecule has 1 fully saturated rings. The molecule has 1 aromatic rings. The van der Waals surface area contributed by atoms with Gasteiger partial charge in [0.2, 0.25) is 0 Å². The first-order valence-corrected chi connectivity index (χ1v) is 7.35. The van der Waals surface area contributed by atoms with E-state index < -0.39 is 0 Å². The molecule has 2 heterocycles. The van der Waals surface area contributed by atoms with Gasteiger partial charge in [0.15, 0.2) is 0 Å². The Labute approximate surface area is 115 Å². The maximum atomic E-state index is 6.15. The first kappa shape index (κ1) is 12.9. The molecule has 104 valence electrons. The summed E-state index contributed by atoms with van der Waals surface area (Å²) in [6.07, 6.45) is 2.73. The van der Waals surface area contributed by atoms with Crippen LogP contribution in [-0.2, 0) is 11.3 Å². The second-order valence-electron chi connectivity index (χ2n) is 6.29. The predicted octanol–water partition coefficient (Wildman–Crippen LogP) is 2.55. The average molecular weight is 260 g/mol. The number of ether oxygens (including phenoxy) is 1. The second-order valence-corrected chi connectivity index (χ2v) is 6.29. The van der Waals surface area contributed by atoms with E-state index in [1.807, 2.05) is 0 Å². The molecule has 1 aromatic carbocycles. The summed E-state index contributed by atoms with van der Waals surface area (Å²) in [7, 11) is 0. The van der Waals surface area contributed by atoms with Crippen molar-refractivity contribution in [1.82, 2.24) is 5.32 Å². The number of anilines is 1. The number of hydrogen-bond donors (Lipinski definition) is 1. The third kappa shape index (κ3) is 2.93. The number of nitrogens with one attached hydrogen (secondary N) is 1. The number of nitrogens with zero attached hydrogens (tertiary/aromatic N) is 1. The Kier molecular flexibility index (Phi) is 3.50.